The maximum absolute atomic E-state index is 13.4. The summed E-state index contributed by atoms with van der Waals surface area (Å²) in [6.45, 7) is 9.52. The largest absolute Gasteiger partial charge is 0.507 e. The first-order chi connectivity index (χ1) is 18.2. The molecule has 1 atom stereocenters. The van der Waals surface area contributed by atoms with E-state index < -0.39 is 17.7 Å². The van der Waals surface area contributed by atoms with Gasteiger partial charge < -0.3 is 19.5 Å². The minimum absolute atomic E-state index is 0.0377. The third-order valence-electron chi connectivity index (χ3n) is 6.08. The van der Waals surface area contributed by atoms with Gasteiger partial charge in [0.2, 0.25) is 0 Å². The number of ketones is 1. The van der Waals surface area contributed by atoms with Crippen LogP contribution in [0.15, 0.2) is 78.6 Å². The van der Waals surface area contributed by atoms with Gasteiger partial charge in [-0.15, -0.1) is 0 Å². The smallest absolute Gasteiger partial charge is 0.295 e. The number of hydrogen-bond donors (Lipinski definition) is 1. The van der Waals surface area contributed by atoms with Crippen LogP contribution in [-0.2, 0) is 16.1 Å². The zero-order chi connectivity index (χ0) is 27.2. The van der Waals surface area contributed by atoms with Gasteiger partial charge in [-0.1, -0.05) is 45.9 Å². The first kappa shape index (κ1) is 26.9. The highest BCUT2D eigenvalue weighted by Gasteiger charge is 2.46. The van der Waals surface area contributed by atoms with Gasteiger partial charge in [0, 0.05) is 24.5 Å². The van der Waals surface area contributed by atoms with Crippen molar-refractivity contribution < 1.29 is 24.2 Å². The van der Waals surface area contributed by atoms with E-state index in [0.29, 0.717) is 47.7 Å². The third kappa shape index (κ3) is 6.22. The van der Waals surface area contributed by atoms with Crippen molar-refractivity contribution in [2.75, 3.05) is 13.2 Å². The number of benzene rings is 2. The molecular weight excluding hydrogens is 480 g/mol. The van der Waals surface area contributed by atoms with Crippen LogP contribution in [0.1, 0.15) is 50.4 Å². The molecule has 1 N–H and O–H groups in total. The molecule has 3 aromatic rings. The average Bonchev–Trinajstić information content (AvgIpc) is 3.16. The highest BCUT2D eigenvalue weighted by Crippen LogP contribution is 2.41. The number of nitrogens with zero attached hydrogens (tertiary/aromatic N) is 2. The van der Waals surface area contributed by atoms with Crippen molar-refractivity contribution in [3.05, 3.63) is 95.3 Å². The van der Waals surface area contributed by atoms with Crippen LogP contribution in [0.25, 0.3) is 5.76 Å². The summed E-state index contributed by atoms with van der Waals surface area (Å²) in [5.41, 5.74) is 1.92. The van der Waals surface area contributed by atoms with Crippen molar-refractivity contribution in [3.63, 3.8) is 0 Å². The van der Waals surface area contributed by atoms with E-state index in [-0.39, 0.29) is 17.9 Å². The quantitative estimate of drug-likeness (QED) is 0.210. The summed E-state index contributed by atoms with van der Waals surface area (Å²) in [6, 6.07) is 17.1. The average molecular weight is 515 g/mol. The lowest BCUT2D eigenvalue weighted by Gasteiger charge is -2.26. The number of aliphatic hydroxyl groups is 1. The van der Waals surface area contributed by atoms with Crippen LogP contribution in [0, 0.1) is 11.8 Å². The lowest BCUT2D eigenvalue weighted by molar-refractivity contribution is -0.140. The van der Waals surface area contributed by atoms with Crippen LogP contribution >= 0.6 is 0 Å². The van der Waals surface area contributed by atoms with Gasteiger partial charge in [0.05, 0.1) is 24.8 Å². The molecule has 0 bridgehead atoms. The Kier molecular flexibility index (Phi) is 8.46. The molecule has 7 nitrogen and oxygen atoms in total. The maximum Gasteiger partial charge on any atom is 0.295 e. The van der Waals surface area contributed by atoms with E-state index >= 15 is 0 Å². The van der Waals surface area contributed by atoms with Crippen LogP contribution in [0.2, 0.25) is 0 Å². The first-order valence-corrected chi connectivity index (χ1v) is 12.9. The van der Waals surface area contributed by atoms with Gasteiger partial charge in [-0.2, -0.15) is 0 Å². The molecule has 7 heteroatoms. The molecule has 0 radical (unpaired) electrons. The Morgan fingerprint density at radius 3 is 2.24 bits per heavy atom. The normalized spacial score (nSPS) is 16.9. The summed E-state index contributed by atoms with van der Waals surface area (Å²) < 4.78 is 11.7. The number of carbonyl (C=O) groups is 2. The topological polar surface area (TPSA) is 89.0 Å². The van der Waals surface area contributed by atoms with Gasteiger partial charge in [0.25, 0.3) is 11.7 Å². The van der Waals surface area contributed by atoms with Gasteiger partial charge in [-0.25, -0.2) is 0 Å². The fourth-order valence-electron chi connectivity index (χ4n) is 4.24. The summed E-state index contributed by atoms with van der Waals surface area (Å²) in [5.74, 6) is 0.372. The molecule has 0 aliphatic carbocycles. The molecule has 1 fully saturated rings. The van der Waals surface area contributed by atoms with E-state index in [1.165, 1.54) is 4.90 Å². The van der Waals surface area contributed by atoms with Crippen LogP contribution < -0.4 is 9.47 Å². The van der Waals surface area contributed by atoms with Gasteiger partial charge >= 0.3 is 0 Å². The Bertz CT molecular complexity index is 1300. The second kappa shape index (κ2) is 11.9. The lowest BCUT2D eigenvalue weighted by Crippen LogP contribution is -2.29. The highest BCUT2D eigenvalue weighted by molar-refractivity contribution is 6.46. The Labute approximate surface area is 223 Å². The molecule has 1 saturated heterocycles. The zero-order valence-corrected chi connectivity index (χ0v) is 22.3. The second-order valence-electron chi connectivity index (χ2n) is 10.3. The van der Waals surface area contributed by atoms with Crippen molar-refractivity contribution >= 4 is 17.4 Å². The van der Waals surface area contributed by atoms with Gasteiger partial charge in [-0.05, 0) is 65.4 Å². The Balaban J connectivity index is 1.76. The van der Waals surface area contributed by atoms with E-state index in [1.807, 2.05) is 30.3 Å². The van der Waals surface area contributed by atoms with Gasteiger partial charge in [0.15, 0.2) is 0 Å². The van der Waals surface area contributed by atoms with Crippen molar-refractivity contribution in [1.82, 2.24) is 9.88 Å². The number of aromatic nitrogens is 1. The highest BCUT2D eigenvalue weighted by atomic mass is 16.5. The van der Waals surface area contributed by atoms with Crippen LogP contribution in [0.5, 0.6) is 11.5 Å². The van der Waals surface area contributed by atoms with Crippen molar-refractivity contribution in [3.8, 4) is 11.5 Å². The summed E-state index contributed by atoms with van der Waals surface area (Å²) in [7, 11) is 0. The first-order valence-electron chi connectivity index (χ1n) is 12.9. The Hall–Kier alpha value is -4.13. The summed E-state index contributed by atoms with van der Waals surface area (Å²) in [6.07, 6.45) is 3.31. The molecule has 1 unspecified atom stereocenters. The monoisotopic (exact) mass is 514 g/mol. The number of aliphatic hydroxyl groups excluding tert-OH is 1. The maximum atomic E-state index is 13.4. The van der Waals surface area contributed by atoms with Crippen molar-refractivity contribution in [2.45, 2.75) is 40.3 Å². The summed E-state index contributed by atoms with van der Waals surface area (Å²) in [5, 5.41) is 11.4. The number of ether oxygens (including phenoxy) is 2. The zero-order valence-electron chi connectivity index (χ0n) is 22.3. The predicted molar refractivity (Wildman–Crippen MR) is 146 cm³/mol. The Morgan fingerprint density at radius 1 is 0.921 bits per heavy atom. The molecular formula is C31H34N2O5. The molecule has 198 valence electrons. The number of Topliss-reactive ketones (excluding diaryl/α,β-unsaturated/α-hetero) is 1. The van der Waals surface area contributed by atoms with Crippen LogP contribution in [0.4, 0.5) is 0 Å². The molecule has 38 heavy (non-hydrogen) atoms. The lowest BCUT2D eigenvalue weighted by atomic mass is 9.95. The van der Waals surface area contributed by atoms with Gasteiger partial charge in [-0.3, -0.25) is 14.6 Å². The molecule has 1 aliphatic rings. The van der Waals surface area contributed by atoms with E-state index in [0.717, 1.165) is 5.56 Å². The van der Waals surface area contributed by atoms with Crippen LogP contribution in [0.3, 0.4) is 0 Å². The predicted octanol–water partition coefficient (Wildman–Crippen LogP) is 5.77. The van der Waals surface area contributed by atoms with Crippen LogP contribution in [-0.4, -0.2) is 39.9 Å². The van der Waals surface area contributed by atoms with E-state index in [9.17, 15) is 14.7 Å². The molecule has 1 aliphatic heterocycles. The molecule has 1 aromatic heterocycles. The molecule has 0 saturated carbocycles. The molecule has 2 heterocycles. The van der Waals surface area contributed by atoms with Gasteiger partial charge in [0.1, 0.15) is 17.3 Å². The number of likely N-dealkylation sites (tertiary alicyclic amines) is 1. The van der Waals surface area contributed by atoms with E-state index in [1.54, 1.807) is 42.7 Å². The summed E-state index contributed by atoms with van der Waals surface area (Å²) >= 11 is 0. The van der Waals surface area contributed by atoms with E-state index in [2.05, 4.69) is 32.7 Å². The summed E-state index contributed by atoms with van der Waals surface area (Å²) in [4.78, 5) is 32.3. The number of pyridine rings is 1. The third-order valence-corrected chi connectivity index (χ3v) is 6.08. The number of hydrogen-bond acceptors (Lipinski definition) is 6. The van der Waals surface area contributed by atoms with Crippen molar-refractivity contribution in [1.29, 1.82) is 0 Å². The minimum atomic E-state index is -0.797. The SMILES string of the molecule is CC(C)COc1ccc(/C(O)=C2/C(=O)C(=O)N(Cc3cccnc3)C2c2cccc(OCC(C)C)c2)cc1. The molecule has 4 rings (SSSR count). The fraction of sp³-hybridized carbons (Fsp3) is 0.323. The standard InChI is InChI=1S/C31H34N2O5/c1-20(2)18-37-25-12-10-23(11-13-25)29(34)27-28(24-8-5-9-26(15-24)38-19-21(3)4)33(31(36)30(27)35)17-22-7-6-14-32-16-22/h5-16,20-21,28,34H,17-19H2,1-4H3/b29-27-. The second-order valence-corrected chi connectivity index (χ2v) is 10.3. The molecule has 2 aromatic carbocycles. The molecule has 0 spiro atoms. The minimum Gasteiger partial charge on any atom is -0.507 e. The fourth-order valence-corrected chi connectivity index (χ4v) is 4.24. The van der Waals surface area contributed by atoms with E-state index in [4.69, 9.17) is 9.47 Å². The van der Waals surface area contributed by atoms with Crippen molar-refractivity contribution in [2.24, 2.45) is 11.8 Å². The Morgan fingerprint density at radius 2 is 1.61 bits per heavy atom. The number of amides is 1. The number of rotatable bonds is 10. The molecule has 1 amide bonds. The number of carbonyl (C=O) groups excluding carboxylic acids is 2.